The lowest BCUT2D eigenvalue weighted by Crippen LogP contribution is -2.45. The molecule has 1 aliphatic carbocycles. The summed E-state index contributed by atoms with van der Waals surface area (Å²) in [4.78, 5) is 17.5. The Kier molecular flexibility index (Phi) is 6.15. The van der Waals surface area contributed by atoms with Crippen molar-refractivity contribution in [1.82, 2.24) is 10.1 Å². The summed E-state index contributed by atoms with van der Waals surface area (Å²) in [5.74, 6) is 0.157. The zero-order valence-corrected chi connectivity index (χ0v) is 19.0. The average Bonchev–Trinajstić information content (AvgIpc) is 3.49. The summed E-state index contributed by atoms with van der Waals surface area (Å²) in [7, 11) is -3.89. The largest absolute Gasteiger partial charge is 0.454 e. The third-order valence-electron chi connectivity index (χ3n) is 5.98. The minimum atomic E-state index is -3.89. The van der Waals surface area contributed by atoms with E-state index >= 15 is 0 Å². The molecule has 1 aromatic heterocycles. The Bertz CT molecular complexity index is 1180. The molecule has 32 heavy (non-hydrogen) atoms. The van der Waals surface area contributed by atoms with Crippen LogP contribution in [0.2, 0.25) is 0 Å². The molecule has 0 radical (unpaired) electrons. The van der Waals surface area contributed by atoms with Crippen molar-refractivity contribution in [3.8, 4) is 11.4 Å². The molecule has 1 fully saturated rings. The van der Waals surface area contributed by atoms with E-state index in [1.165, 1.54) is 17.7 Å². The fraction of sp³-hybridized carbons (Fsp3) is 0.375. The highest BCUT2D eigenvalue weighted by atomic mass is 32.2. The van der Waals surface area contributed by atoms with Gasteiger partial charge in [0.05, 0.1) is 4.90 Å². The van der Waals surface area contributed by atoms with Gasteiger partial charge in [-0.25, -0.2) is 8.42 Å². The van der Waals surface area contributed by atoms with Crippen molar-refractivity contribution in [2.45, 2.75) is 61.7 Å². The van der Waals surface area contributed by atoms with Crippen LogP contribution in [0, 0.1) is 0 Å². The molecule has 4 rings (SSSR count). The minimum Gasteiger partial charge on any atom is -0.454 e. The summed E-state index contributed by atoms with van der Waals surface area (Å²) >= 11 is 0. The summed E-state index contributed by atoms with van der Waals surface area (Å²) in [6.45, 7) is 3.96. The van der Waals surface area contributed by atoms with Crippen LogP contribution >= 0.6 is 0 Å². The van der Waals surface area contributed by atoms with Gasteiger partial charge in [0, 0.05) is 5.56 Å². The fourth-order valence-corrected chi connectivity index (χ4v) is 6.13. The second kappa shape index (κ2) is 8.86. The molecule has 7 nitrogen and oxygen atoms in total. The second-order valence-corrected chi connectivity index (χ2v) is 10.6. The number of ether oxygens (including phenoxy) is 1. The summed E-state index contributed by atoms with van der Waals surface area (Å²) < 4.78 is 35.7. The van der Waals surface area contributed by atoms with Crippen molar-refractivity contribution in [2.75, 3.05) is 0 Å². The van der Waals surface area contributed by atoms with E-state index in [1.54, 1.807) is 18.2 Å². The normalized spacial score (nSPS) is 15.7. The summed E-state index contributed by atoms with van der Waals surface area (Å²) in [6.07, 6.45) is 1.77. The third kappa shape index (κ3) is 4.07. The first-order chi connectivity index (χ1) is 15.3. The Morgan fingerprint density at radius 3 is 2.34 bits per heavy atom. The van der Waals surface area contributed by atoms with E-state index in [0.717, 1.165) is 5.56 Å². The van der Waals surface area contributed by atoms with Crippen LogP contribution in [-0.4, -0.2) is 29.3 Å². The maximum Gasteiger partial charge on any atom is 0.328 e. The Morgan fingerprint density at radius 2 is 1.72 bits per heavy atom. The standard InChI is InChI=1S/C24H26N2O5S/c1-17(2)18-10-12-19(13-11-18)22-25-21(31-26-22)16-30-23(27)24(14-6-7-15-24)32(28,29)20-8-4-3-5-9-20/h3-5,8-13,17H,6-7,14-16H2,1-2H3. The van der Waals surface area contributed by atoms with Crippen molar-refractivity contribution < 1.29 is 22.5 Å². The highest BCUT2D eigenvalue weighted by Gasteiger charge is 2.54. The van der Waals surface area contributed by atoms with E-state index in [9.17, 15) is 13.2 Å². The highest BCUT2D eigenvalue weighted by Crippen LogP contribution is 2.41. The molecular formula is C24H26N2O5S. The monoisotopic (exact) mass is 454 g/mol. The van der Waals surface area contributed by atoms with E-state index < -0.39 is 20.6 Å². The second-order valence-electron chi connectivity index (χ2n) is 8.38. The molecule has 0 spiro atoms. The van der Waals surface area contributed by atoms with Gasteiger partial charge < -0.3 is 9.26 Å². The maximum absolute atomic E-state index is 13.3. The van der Waals surface area contributed by atoms with Crippen molar-refractivity contribution in [3.63, 3.8) is 0 Å². The van der Waals surface area contributed by atoms with Crippen LogP contribution in [0.1, 0.15) is 56.9 Å². The molecule has 3 aromatic rings. The molecule has 0 unspecified atom stereocenters. The van der Waals surface area contributed by atoms with Crippen LogP contribution < -0.4 is 0 Å². The topological polar surface area (TPSA) is 99.4 Å². The lowest BCUT2D eigenvalue weighted by atomic mass is 10.0. The molecule has 0 bridgehead atoms. The molecule has 0 N–H and O–H groups in total. The number of carbonyl (C=O) groups excluding carboxylic acids is 1. The minimum absolute atomic E-state index is 0.117. The van der Waals surface area contributed by atoms with Crippen LogP contribution in [0.25, 0.3) is 11.4 Å². The van der Waals surface area contributed by atoms with Crippen molar-refractivity contribution in [2.24, 2.45) is 0 Å². The van der Waals surface area contributed by atoms with Gasteiger partial charge in [-0.2, -0.15) is 4.98 Å². The van der Waals surface area contributed by atoms with Crippen LogP contribution in [0.5, 0.6) is 0 Å². The Hall–Kier alpha value is -3.00. The number of hydrogen-bond acceptors (Lipinski definition) is 7. The lowest BCUT2D eigenvalue weighted by Gasteiger charge is -2.26. The third-order valence-corrected chi connectivity index (χ3v) is 8.48. The molecule has 0 aliphatic heterocycles. The van der Waals surface area contributed by atoms with Gasteiger partial charge in [-0.1, -0.05) is 74.3 Å². The van der Waals surface area contributed by atoms with Crippen molar-refractivity contribution in [3.05, 3.63) is 66.1 Å². The van der Waals surface area contributed by atoms with Crippen molar-refractivity contribution >= 4 is 15.8 Å². The van der Waals surface area contributed by atoms with Crippen molar-refractivity contribution in [1.29, 1.82) is 0 Å². The quantitative estimate of drug-likeness (QED) is 0.478. The van der Waals surface area contributed by atoms with Crippen LogP contribution in [0.3, 0.4) is 0 Å². The number of benzene rings is 2. The first-order valence-corrected chi connectivity index (χ1v) is 12.2. The average molecular weight is 455 g/mol. The number of rotatable bonds is 7. The number of sulfone groups is 1. The van der Waals surface area contributed by atoms with E-state index in [1.807, 2.05) is 24.3 Å². The molecular weight excluding hydrogens is 428 g/mol. The van der Waals surface area contributed by atoms with Gasteiger partial charge in [0.25, 0.3) is 5.89 Å². The van der Waals surface area contributed by atoms with Gasteiger partial charge in [-0.05, 0) is 36.5 Å². The molecule has 8 heteroatoms. The van der Waals surface area contributed by atoms with Crippen LogP contribution in [0.4, 0.5) is 0 Å². The van der Waals surface area contributed by atoms with Gasteiger partial charge >= 0.3 is 5.97 Å². The molecule has 0 amide bonds. The van der Waals surface area contributed by atoms with Gasteiger partial charge in [-0.3, -0.25) is 4.79 Å². The van der Waals surface area contributed by atoms with E-state index in [4.69, 9.17) is 9.26 Å². The number of nitrogens with zero attached hydrogens (tertiary/aromatic N) is 2. The molecule has 0 saturated heterocycles. The van der Waals surface area contributed by atoms with E-state index in [0.29, 0.717) is 24.6 Å². The molecule has 0 atom stereocenters. The zero-order valence-electron chi connectivity index (χ0n) is 18.2. The van der Waals surface area contributed by atoms with Gasteiger partial charge in [0.1, 0.15) is 0 Å². The Morgan fingerprint density at radius 1 is 1.06 bits per heavy atom. The molecule has 1 aliphatic rings. The molecule has 2 aromatic carbocycles. The summed E-state index contributed by atoms with van der Waals surface area (Å²) in [5, 5.41) is 3.95. The molecule has 1 heterocycles. The molecule has 168 valence electrons. The van der Waals surface area contributed by atoms with Crippen LogP contribution in [-0.2, 0) is 26.0 Å². The van der Waals surface area contributed by atoms with Gasteiger partial charge in [-0.15, -0.1) is 0 Å². The highest BCUT2D eigenvalue weighted by molar-refractivity contribution is 7.93. The van der Waals surface area contributed by atoms with E-state index in [-0.39, 0.29) is 30.2 Å². The SMILES string of the molecule is CC(C)c1ccc(-c2noc(COC(=O)C3(S(=O)(=O)c4ccccc4)CCCC3)n2)cc1. The predicted molar refractivity (Wildman–Crippen MR) is 118 cm³/mol. The molecule has 1 saturated carbocycles. The first kappa shape index (κ1) is 22.2. The van der Waals surface area contributed by atoms with Gasteiger partial charge in [0.15, 0.2) is 21.2 Å². The lowest BCUT2D eigenvalue weighted by molar-refractivity contribution is -0.148. The summed E-state index contributed by atoms with van der Waals surface area (Å²) in [5.41, 5.74) is 1.99. The summed E-state index contributed by atoms with van der Waals surface area (Å²) in [6, 6.07) is 15.9. The van der Waals surface area contributed by atoms with Crippen LogP contribution in [0.15, 0.2) is 64.0 Å². The maximum atomic E-state index is 13.3. The predicted octanol–water partition coefficient (Wildman–Crippen LogP) is 4.69. The fourth-order valence-electron chi connectivity index (χ4n) is 4.06. The number of hydrogen-bond donors (Lipinski definition) is 0. The zero-order chi connectivity index (χ0) is 22.8. The number of aromatic nitrogens is 2. The van der Waals surface area contributed by atoms with Gasteiger partial charge in [0.2, 0.25) is 5.82 Å². The number of carbonyl (C=O) groups is 1. The first-order valence-electron chi connectivity index (χ1n) is 10.7. The smallest absolute Gasteiger partial charge is 0.328 e. The van der Waals surface area contributed by atoms with E-state index in [2.05, 4.69) is 24.0 Å². The Balaban J connectivity index is 1.49. The number of esters is 1. The Labute approximate surface area is 187 Å².